The smallest absolute Gasteiger partial charge is 0.0461 e. The summed E-state index contributed by atoms with van der Waals surface area (Å²) in [5.74, 6) is 0. The summed E-state index contributed by atoms with van der Waals surface area (Å²) in [7, 11) is 0. The molecule has 1 nitrogen and oxygen atoms in total. The molecule has 1 heteroatoms. The van der Waals surface area contributed by atoms with Crippen molar-refractivity contribution in [1.29, 1.82) is 0 Å². The van der Waals surface area contributed by atoms with Gasteiger partial charge in [-0.1, -0.05) is 83.3 Å². The zero-order valence-electron chi connectivity index (χ0n) is 14.9. The maximum Gasteiger partial charge on any atom is 0.0461 e. The normalized spacial score (nSPS) is 9.48. The Morgan fingerprint density at radius 3 is 1.43 bits per heavy atom. The van der Waals surface area contributed by atoms with Crippen molar-refractivity contribution in [3.05, 3.63) is 97.7 Å². The van der Waals surface area contributed by atoms with Crippen LogP contribution >= 0.6 is 0 Å². The molecule has 0 heterocycles. The first-order valence-corrected chi connectivity index (χ1v) is 8.22. The van der Waals surface area contributed by atoms with Gasteiger partial charge in [0, 0.05) is 17.1 Å². The van der Waals surface area contributed by atoms with Gasteiger partial charge >= 0.3 is 0 Å². The van der Waals surface area contributed by atoms with Crippen LogP contribution in [-0.2, 0) is 0 Å². The molecule has 0 bridgehead atoms. The van der Waals surface area contributed by atoms with Gasteiger partial charge in [-0.05, 0) is 36.4 Å². The molecule has 0 saturated carbocycles. The van der Waals surface area contributed by atoms with Crippen LogP contribution in [0.4, 0.5) is 11.4 Å². The minimum Gasteiger partial charge on any atom is -0.311 e. The molecule has 0 radical (unpaired) electrons. The fraction of sp³-hybridized carbons (Fsp3) is 0.182. The topological polar surface area (TPSA) is 3.24 Å². The summed E-state index contributed by atoms with van der Waals surface area (Å²) in [4.78, 5) is 2.15. The minimum absolute atomic E-state index is 0.993. The zero-order valence-corrected chi connectivity index (χ0v) is 14.9. The highest BCUT2D eigenvalue weighted by Crippen LogP contribution is 2.29. The number of benzene rings is 2. The van der Waals surface area contributed by atoms with Crippen molar-refractivity contribution in [2.45, 2.75) is 27.7 Å². The highest BCUT2D eigenvalue weighted by atomic mass is 15.1. The summed E-state index contributed by atoms with van der Waals surface area (Å²) >= 11 is 0. The van der Waals surface area contributed by atoms with E-state index in [4.69, 9.17) is 0 Å². The average molecular weight is 307 g/mol. The summed E-state index contributed by atoms with van der Waals surface area (Å²) in [5, 5.41) is 0. The third-order valence-electron chi connectivity index (χ3n) is 2.78. The van der Waals surface area contributed by atoms with Crippen LogP contribution in [0.5, 0.6) is 0 Å². The van der Waals surface area contributed by atoms with Gasteiger partial charge in [0.1, 0.15) is 0 Å². The summed E-state index contributed by atoms with van der Waals surface area (Å²) in [6, 6.07) is 20.4. The van der Waals surface area contributed by atoms with E-state index >= 15 is 0 Å². The van der Waals surface area contributed by atoms with Crippen LogP contribution in [0.25, 0.3) is 0 Å². The highest BCUT2D eigenvalue weighted by Gasteiger charge is 2.10. The van der Waals surface area contributed by atoms with E-state index in [-0.39, 0.29) is 0 Å². The van der Waals surface area contributed by atoms with Crippen LogP contribution in [0.2, 0.25) is 0 Å². The Hall–Kier alpha value is -2.54. The predicted molar refractivity (Wildman–Crippen MR) is 106 cm³/mol. The zero-order chi connectivity index (χ0) is 17.5. The molecule has 0 atom stereocenters. The number of allylic oxidation sites excluding steroid dienone is 3. The van der Waals surface area contributed by atoms with Gasteiger partial charge < -0.3 is 4.90 Å². The molecule has 122 valence electrons. The molecule has 2 aromatic rings. The molecule has 23 heavy (non-hydrogen) atoms. The fourth-order valence-electron chi connectivity index (χ4n) is 1.96. The van der Waals surface area contributed by atoms with Crippen LogP contribution in [-0.4, -0.2) is 0 Å². The minimum atomic E-state index is 0.993. The van der Waals surface area contributed by atoms with Gasteiger partial charge in [0.15, 0.2) is 0 Å². The molecule has 0 saturated heterocycles. The quantitative estimate of drug-likeness (QED) is 0.531. The number of hydrogen-bond donors (Lipinski definition) is 0. The Morgan fingerprint density at radius 2 is 1.13 bits per heavy atom. The van der Waals surface area contributed by atoms with Gasteiger partial charge in [0.05, 0.1) is 0 Å². The molecule has 0 aromatic heterocycles. The largest absolute Gasteiger partial charge is 0.311 e. The second-order valence-electron chi connectivity index (χ2n) is 4.04. The number of rotatable bonds is 5. The molecule has 0 N–H and O–H groups in total. The van der Waals surface area contributed by atoms with Crippen molar-refractivity contribution < 1.29 is 0 Å². The molecule has 0 spiro atoms. The third kappa shape index (κ3) is 6.39. The molecular weight excluding hydrogens is 278 g/mol. The Bertz CT molecular complexity index is 528. The third-order valence-corrected chi connectivity index (χ3v) is 2.78. The van der Waals surface area contributed by atoms with Gasteiger partial charge in [-0.15, -0.1) is 0 Å². The number of anilines is 2. The van der Waals surface area contributed by atoms with E-state index in [1.807, 2.05) is 76.2 Å². The average Bonchev–Trinajstić information content (AvgIpc) is 2.66. The van der Waals surface area contributed by atoms with Crippen molar-refractivity contribution in [1.82, 2.24) is 0 Å². The summed E-state index contributed by atoms with van der Waals surface area (Å²) in [6.45, 7) is 15.7. The van der Waals surface area contributed by atoms with Gasteiger partial charge in [-0.25, -0.2) is 0 Å². The second-order valence-corrected chi connectivity index (χ2v) is 4.04. The van der Waals surface area contributed by atoms with Crippen molar-refractivity contribution in [3.63, 3.8) is 0 Å². The Labute approximate surface area is 142 Å². The van der Waals surface area contributed by atoms with Gasteiger partial charge in [-0.3, -0.25) is 0 Å². The Balaban J connectivity index is 0.00000112. The Morgan fingerprint density at radius 1 is 0.739 bits per heavy atom. The lowest BCUT2D eigenvalue weighted by molar-refractivity contribution is 1.21. The van der Waals surface area contributed by atoms with Crippen LogP contribution in [0.1, 0.15) is 27.7 Å². The maximum absolute atomic E-state index is 3.89. The van der Waals surface area contributed by atoms with Gasteiger partial charge in [0.2, 0.25) is 0 Å². The van der Waals surface area contributed by atoms with Crippen molar-refractivity contribution >= 4 is 11.4 Å². The Kier molecular flexibility index (Phi) is 11.7. The van der Waals surface area contributed by atoms with E-state index in [2.05, 4.69) is 42.3 Å². The van der Waals surface area contributed by atoms with Crippen LogP contribution in [0, 0.1) is 0 Å². The number of para-hydroxylation sites is 2. The summed E-state index contributed by atoms with van der Waals surface area (Å²) < 4.78 is 0. The SMILES string of the molecule is C=C/C=C(\C=C)N(c1ccccc1)c1ccccc1.CC.CC. The molecule has 0 aliphatic rings. The first-order valence-electron chi connectivity index (χ1n) is 8.22. The first kappa shape index (κ1) is 20.5. The lowest BCUT2D eigenvalue weighted by atomic mass is 10.2. The molecule has 2 rings (SSSR count). The van der Waals surface area contributed by atoms with E-state index < -0.39 is 0 Å². The number of nitrogens with zero attached hydrogens (tertiary/aromatic N) is 1. The lowest BCUT2D eigenvalue weighted by Crippen LogP contribution is -2.14. The monoisotopic (exact) mass is 307 g/mol. The number of hydrogen-bond acceptors (Lipinski definition) is 1. The standard InChI is InChI=1S/C18H17N.2C2H6/c1-3-11-16(4-2)19(17-12-7-5-8-13-17)18-14-9-6-10-15-18;2*1-2/h3-15H,1-2H2;2*1-2H3/b16-11+;;. The van der Waals surface area contributed by atoms with Crippen LogP contribution in [0.3, 0.4) is 0 Å². The van der Waals surface area contributed by atoms with Gasteiger partial charge in [-0.2, -0.15) is 0 Å². The summed E-state index contributed by atoms with van der Waals surface area (Å²) in [5.41, 5.74) is 3.19. The van der Waals surface area contributed by atoms with Crippen molar-refractivity contribution in [2.75, 3.05) is 4.90 Å². The highest BCUT2D eigenvalue weighted by molar-refractivity contribution is 5.70. The second kappa shape index (κ2) is 13.1. The first-order chi connectivity index (χ1) is 11.4. The fourth-order valence-corrected chi connectivity index (χ4v) is 1.96. The predicted octanol–water partition coefficient (Wildman–Crippen LogP) is 7.13. The van der Waals surface area contributed by atoms with Crippen LogP contribution < -0.4 is 4.90 Å². The van der Waals surface area contributed by atoms with E-state index in [0.29, 0.717) is 0 Å². The molecule has 0 amide bonds. The van der Waals surface area contributed by atoms with Gasteiger partial charge in [0.25, 0.3) is 0 Å². The molecule has 0 aliphatic heterocycles. The molecule has 0 unspecified atom stereocenters. The molecule has 0 aliphatic carbocycles. The molecule has 2 aromatic carbocycles. The maximum atomic E-state index is 3.89. The molecule has 0 fully saturated rings. The van der Waals surface area contributed by atoms with E-state index in [9.17, 15) is 0 Å². The lowest BCUT2D eigenvalue weighted by Gasteiger charge is -2.26. The van der Waals surface area contributed by atoms with E-state index in [1.54, 1.807) is 6.08 Å². The van der Waals surface area contributed by atoms with E-state index in [1.165, 1.54) is 0 Å². The molecular formula is C22H29N. The van der Waals surface area contributed by atoms with Crippen LogP contribution in [0.15, 0.2) is 97.7 Å². The summed E-state index contributed by atoms with van der Waals surface area (Å²) in [6.07, 6.45) is 5.56. The van der Waals surface area contributed by atoms with Crippen molar-refractivity contribution in [3.8, 4) is 0 Å². The van der Waals surface area contributed by atoms with E-state index in [0.717, 1.165) is 17.1 Å². The van der Waals surface area contributed by atoms with Crippen molar-refractivity contribution in [2.24, 2.45) is 0 Å².